The molecule has 2 aromatic rings. The molecule has 24 heavy (non-hydrogen) atoms. The highest BCUT2D eigenvalue weighted by Gasteiger charge is 2.35. The van der Waals surface area contributed by atoms with Gasteiger partial charge in [0.25, 0.3) is 0 Å². The zero-order valence-corrected chi connectivity index (χ0v) is 15.4. The molecule has 1 aliphatic heterocycles. The van der Waals surface area contributed by atoms with E-state index in [4.69, 9.17) is 5.73 Å². The Labute approximate surface area is 147 Å². The number of carbonyl (C=O) groups is 1. The third-order valence-electron chi connectivity index (χ3n) is 4.84. The third-order valence-corrected chi connectivity index (χ3v) is 5.82. The summed E-state index contributed by atoms with van der Waals surface area (Å²) in [6.45, 7) is 8.43. The summed E-state index contributed by atoms with van der Waals surface area (Å²) in [5.74, 6) is 0.184. The number of thiazole rings is 1. The molecule has 0 aliphatic carbocycles. The van der Waals surface area contributed by atoms with Crippen molar-refractivity contribution in [3.63, 3.8) is 0 Å². The average Bonchev–Trinajstić information content (AvgIpc) is 3.12. The summed E-state index contributed by atoms with van der Waals surface area (Å²) in [4.78, 5) is 20.4. The molecule has 1 amide bonds. The lowest BCUT2D eigenvalue weighted by atomic mass is 9.90. The minimum absolute atomic E-state index is 0.0685. The summed E-state index contributed by atoms with van der Waals surface area (Å²) in [7, 11) is 0. The van der Waals surface area contributed by atoms with Crippen LogP contribution >= 0.6 is 11.3 Å². The molecule has 1 aromatic carbocycles. The van der Waals surface area contributed by atoms with Gasteiger partial charge < -0.3 is 10.6 Å². The molecule has 0 saturated carbocycles. The van der Waals surface area contributed by atoms with E-state index in [0.29, 0.717) is 13.0 Å². The lowest BCUT2D eigenvalue weighted by Crippen LogP contribution is -2.35. The Balaban J connectivity index is 1.78. The molecule has 1 aromatic heterocycles. The standard InChI is InChI=1S/C19H25N3OS/c1-13-4-6-15(7-5-13)18-16(24-14(2)21-18)10-17(23)22-9-8-19(3,11-20)12-22/h4-7H,8-12,20H2,1-3H3. The summed E-state index contributed by atoms with van der Waals surface area (Å²) in [6, 6.07) is 8.34. The van der Waals surface area contributed by atoms with Crippen LogP contribution in [0.3, 0.4) is 0 Å². The summed E-state index contributed by atoms with van der Waals surface area (Å²) < 4.78 is 0. The lowest BCUT2D eigenvalue weighted by molar-refractivity contribution is -0.129. The predicted molar refractivity (Wildman–Crippen MR) is 99.1 cm³/mol. The van der Waals surface area contributed by atoms with Crippen molar-refractivity contribution in [1.82, 2.24) is 9.88 Å². The van der Waals surface area contributed by atoms with Gasteiger partial charge in [0, 0.05) is 23.5 Å². The van der Waals surface area contributed by atoms with E-state index in [1.165, 1.54) is 5.56 Å². The van der Waals surface area contributed by atoms with Crippen LogP contribution in [0.1, 0.15) is 28.8 Å². The molecule has 0 spiro atoms. The number of carbonyl (C=O) groups excluding carboxylic acids is 1. The van der Waals surface area contributed by atoms with Crippen LogP contribution in [0.15, 0.2) is 24.3 Å². The fourth-order valence-corrected chi connectivity index (χ4v) is 4.13. The molecular formula is C19H25N3OS. The van der Waals surface area contributed by atoms with Crippen LogP contribution < -0.4 is 5.73 Å². The molecule has 2 N–H and O–H groups in total. The second-order valence-corrected chi connectivity index (χ2v) is 8.42. The molecule has 1 unspecified atom stereocenters. The number of aryl methyl sites for hydroxylation is 2. The van der Waals surface area contributed by atoms with Crippen molar-refractivity contribution in [3.05, 3.63) is 39.7 Å². The fraction of sp³-hybridized carbons (Fsp3) is 0.474. The largest absolute Gasteiger partial charge is 0.342 e. The molecule has 1 fully saturated rings. The van der Waals surface area contributed by atoms with Gasteiger partial charge in [-0.1, -0.05) is 36.8 Å². The van der Waals surface area contributed by atoms with Crippen molar-refractivity contribution in [2.75, 3.05) is 19.6 Å². The molecular weight excluding hydrogens is 318 g/mol. The first kappa shape index (κ1) is 17.1. The Morgan fingerprint density at radius 2 is 2.04 bits per heavy atom. The monoisotopic (exact) mass is 343 g/mol. The maximum atomic E-state index is 12.7. The Morgan fingerprint density at radius 1 is 1.33 bits per heavy atom. The Bertz CT molecular complexity index is 738. The van der Waals surface area contributed by atoms with Gasteiger partial charge in [-0.15, -0.1) is 11.3 Å². The Morgan fingerprint density at radius 3 is 2.67 bits per heavy atom. The number of hydrogen-bond donors (Lipinski definition) is 1. The molecule has 5 heteroatoms. The molecule has 128 valence electrons. The first-order valence-electron chi connectivity index (χ1n) is 8.41. The van der Waals surface area contributed by atoms with Gasteiger partial charge in [-0.05, 0) is 32.2 Å². The van der Waals surface area contributed by atoms with Gasteiger partial charge in [0.2, 0.25) is 5.91 Å². The van der Waals surface area contributed by atoms with E-state index in [2.05, 4.69) is 43.1 Å². The van der Waals surface area contributed by atoms with Gasteiger partial charge in [-0.3, -0.25) is 4.79 Å². The van der Waals surface area contributed by atoms with E-state index in [1.54, 1.807) is 11.3 Å². The average molecular weight is 343 g/mol. The Hall–Kier alpha value is -1.72. The molecule has 1 saturated heterocycles. The number of benzene rings is 1. The van der Waals surface area contributed by atoms with Gasteiger partial charge in [-0.25, -0.2) is 4.98 Å². The highest BCUT2D eigenvalue weighted by molar-refractivity contribution is 7.12. The zero-order chi connectivity index (χ0) is 17.3. The van der Waals surface area contributed by atoms with Crippen molar-refractivity contribution in [2.45, 2.75) is 33.6 Å². The first-order chi connectivity index (χ1) is 11.4. The number of aromatic nitrogens is 1. The molecule has 2 heterocycles. The first-order valence-corrected chi connectivity index (χ1v) is 9.23. The second kappa shape index (κ2) is 6.65. The third kappa shape index (κ3) is 3.52. The molecule has 4 nitrogen and oxygen atoms in total. The smallest absolute Gasteiger partial charge is 0.227 e. The summed E-state index contributed by atoms with van der Waals surface area (Å²) in [5, 5.41) is 1.00. The molecule has 1 aliphatic rings. The Kier molecular flexibility index (Phi) is 4.74. The zero-order valence-electron chi connectivity index (χ0n) is 14.6. The lowest BCUT2D eigenvalue weighted by Gasteiger charge is -2.22. The van der Waals surface area contributed by atoms with Crippen molar-refractivity contribution in [2.24, 2.45) is 11.1 Å². The fourth-order valence-electron chi connectivity index (χ4n) is 3.18. The topological polar surface area (TPSA) is 59.2 Å². The van der Waals surface area contributed by atoms with Crippen LogP contribution in [0, 0.1) is 19.3 Å². The number of nitrogens with zero attached hydrogens (tertiary/aromatic N) is 2. The van der Waals surface area contributed by atoms with Crippen molar-refractivity contribution in [3.8, 4) is 11.3 Å². The highest BCUT2D eigenvalue weighted by Crippen LogP contribution is 2.32. The summed E-state index contributed by atoms with van der Waals surface area (Å²) >= 11 is 1.62. The van der Waals surface area contributed by atoms with E-state index >= 15 is 0 Å². The van der Waals surface area contributed by atoms with Crippen LogP contribution in [-0.2, 0) is 11.2 Å². The number of hydrogen-bond acceptors (Lipinski definition) is 4. The van der Waals surface area contributed by atoms with Crippen molar-refractivity contribution in [1.29, 1.82) is 0 Å². The van der Waals surface area contributed by atoms with E-state index in [9.17, 15) is 4.79 Å². The predicted octanol–water partition coefficient (Wildman–Crippen LogP) is 3.17. The van der Waals surface area contributed by atoms with Crippen LogP contribution in [0.25, 0.3) is 11.3 Å². The van der Waals surface area contributed by atoms with E-state index in [1.807, 2.05) is 11.8 Å². The normalized spacial score (nSPS) is 20.6. The van der Waals surface area contributed by atoms with Crippen molar-refractivity contribution < 1.29 is 4.79 Å². The van der Waals surface area contributed by atoms with Gasteiger partial charge in [-0.2, -0.15) is 0 Å². The minimum atomic E-state index is 0.0685. The van der Waals surface area contributed by atoms with Crippen LogP contribution in [0.4, 0.5) is 0 Å². The molecule has 0 radical (unpaired) electrons. The maximum absolute atomic E-state index is 12.7. The molecule has 3 rings (SSSR count). The van der Waals surface area contributed by atoms with Crippen LogP contribution in [-0.4, -0.2) is 35.4 Å². The van der Waals surface area contributed by atoms with E-state index in [-0.39, 0.29) is 11.3 Å². The second-order valence-electron chi connectivity index (χ2n) is 7.13. The highest BCUT2D eigenvalue weighted by atomic mass is 32.1. The minimum Gasteiger partial charge on any atom is -0.342 e. The number of nitrogens with two attached hydrogens (primary N) is 1. The van der Waals surface area contributed by atoms with Gasteiger partial charge in [0.15, 0.2) is 0 Å². The van der Waals surface area contributed by atoms with Gasteiger partial charge in [0.05, 0.1) is 17.1 Å². The van der Waals surface area contributed by atoms with Crippen LogP contribution in [0.2, 0.25) is 0 Å². The number of rotatable bonds is 4. The van der Waals surface area contributed by atoms with E-state index < -0.39 is 0 Å². The van der Waals surface area contributed by atoms with Crippen LogP contribution in [0.5, 0.6) is 0 Å². The molecule has 0 bridgehead atoms. The number of likely N-dealkylation sites (tertiary alicyclic amines) is 1. The number of amides is 1. The maximum Gasteiger partial charge on any atom is 0.227 e. The van der Waals surface area contributed by atoms with Gasteiger partial charge in [0.1, 0.15) is 0 Å². The summed E-state index contributed by atoms with van der Waals surface area (Å²) in [6.07, 6.45) is 1.41. The van der Waals surface area contributed by atoms with Gasteiger partial charge >= 0.3 is 0 Å². The van der Waals surface area contributed by atoms with Crippen molar-refractivity contribution >= 4 is 17.2 Å². The molecule has 1 atom stereocenters. The van der Waals surface area contributed by atoms with E-state index in [0.717, 1.165) is 40.7 Å². The summed E-state index contributed by atoms with van der Waals surface area (Å²) in [5.41, 5.74) is 9.18. The quantitative estimate of drug-likeness (QED) is 0.927. The SMILES string of the molecule is Cc1ccc(-c2nc(C)sc2CC(=O)N2CCC(C)(CN)C2)cc1.